The number of benzene rings is 1. The smallest absolute Gasteiger partial charge is 0.237 e. The number of anilines is 1. The van der Waals surface area contributed by atoms with Gasteiger partial charge in [0.15, 0.2) is 0 Å². The monoisotopic (exact) mass is 248 g/mol. The van der Waals surface area contributed by atoms with E-state index < -0.39 is 0 Å². The van der Waals surface area contributed by atoms with E-state index in [9.17, 15) is 4.79 Å². The molecule has 1 aliphatic carbocycles. The first-order valence-electron chi connectivity index (χ1n) is 6.06. The summed E-state index contributed by atoms with van der Waals surface area (Å²) in [5, 5.41) is 6.45. The Balaban J connectivity index is 1.75. The second-order valence-electron chi connectivity index (χ2n) is 4.74. The molecule has 1 aromatic carbocycles. The maximum absolute atomic E-state index is 11.5. The van der Waals surface area contributed by atoms with Crippen molar-refractivity contribution in [3.8, 4) is 0 Å². The van der Waals surface area contributed by atoms with Crippen LogP contribution in [0.4, 0.5) is 5.69 Å². The summed E-state index contributed by atoms with van der Waals surface area (Å²) in [4.78, 5) is 12.7. The largest absolute Gasteiger partial charge is 0.324 e. The molecule has 2 N–H and O–H groups in total. The third kappa shape index (κ3) is 2.48. The number of fused-ring (bicyclic) bond motifs is 1. The minimum absolute atomic E-state index is 0.00846. The molecular formula is C13H16N2OS. The highest BCUT2D eigenvalue weighted by molar-refractivity contribution is 8.00. The van der Waals surface area contributed by atoms with Gasteiger partial charge >= 0.3 is 0 Å². The Morgan fingerprint density at radius 3 is 3.06 bits per heavy atom. The van der Waals surface area contributed by atoms with E-state index in [0.717, 1.165) is 18.3 Å². The second-order valence-corrected chi connectivity index (χ2v) is 6.12. The van der Waals surface area contributed by atoms with E-state index in [0.29, 0.717) is 0 Å². The minimum Gasteiger partial charge on any atom is -0.324 e. The lowest BCUT2D eigenvalue weighted by Crippen LogP contribution is -2.26. The van der Waals surface area contributed by atoms with Gasteiger partial charge in [0.1, 0.15) is 0 Å². The fourth-order valence-electron chi connectivity index (χ4n) is 1.91. The number of nitrogens with one attached hydrogen (secondary N) is 2. The number of hydrogen-bond acceptors (Lipinski definition) is 3. The number of thioether (sulfide) groups is 1. The molecule has 17 heavy (non-hydrogen) atoms. The molecule has 2 aliphatic rings. The second kappa shape index (κ2) is 4.35. The summed E-state index contributed by atoms with van der Waals surface area (Å²) in [6.07, 6.45) is 2.62. The van der Waals surface area contributed by atoms with Crippen LogP contribution in [0, 0.1) is 0 Å². The molecule has 0 radical (unpaired) electrons. The molecule has 0 aromatic heterocycles. The van der Waals surface area contributed by atoms with Gasteiger partial charge in [-0.1, -0.05) is 6.07 Å². The number of hydrogen-bond donors (Lipinski definition) is 2. The molecule has 1 atom stereocenters. The van der Waals surface area contributed by atoms with Crippen molar-refractivity contribution in [3.63, 3.8) is 0 Å². The van der Waals surface area contributed by atoms with E-state index in [-0.39, 0.29) is 11.2 Å². The normalized spacial score (nSPS) is 23.1. The molecule has 3 rings (SSSR count). The highest BCUT2D eigenvalue weighted by Gasteiger charge is 2.23. The van der Waals surface area contributed by atoms with Crippen molar-refractivity contribution in [2.24, 2.45) is 0 Å². The molecule has 1 fully saturated rings. The van der Waals surface area contributed by atoms with Gasteiger partial charge in [0.25, 0.3) is 0 Å². The van der Waals surface area contributed by atoms with Crippen molar-refractivity contribution in [3.05, 3.63) is 23.8 Å². The zero-order valence-electron chi connectivity index (χ0n) is 9.82. The third-order valence-corrected chi connectivity index (χ3v) is 4.31. The maximum Gasteiger partial charge on any atom is 0.237 e. The van der Waals surface area contributed by atoms with Gasteiger partial charge in [-0.15, -0.1) is 11.8 Å². The molecule has 1 amide bonds. The summed E-state index contributed by atoms with van der Waals surface area (Å²) in [6, 6.07) is 7.02. The van der Waals surface area contributed by atoms with Crippen molar-refractivity contribution in [2.45, 2.75) is 42.5 Å². The Morgan fingerprint density at radius 2 is 2.29 bits per heavy atom. The van der Waals surface area contributed by atoms with E-state index in [4.69, 9.17) is 0 Å². The van der Waals surface area contributed by atoms with Crippen LogP contribution in [0.2, 0.25) is 0 Å². The Bertz CT molecular complexity index is 457. The van der Waals surface area contributed by atoms with Crippen LogP contribution in [-0.2, 0) is 11.3 Å². The van der Waals surface area contributed by atoms with Crippen LogP contribution in [0.25, 0.3) is 0 Å². The first kappa shape index (κ1) is 11.1. The zero-order chi connectivity index (χ0) is 11.8. The number of rotatable bonds is 3. The number of amides is 1. The van der Waals surface area contributed by atoms with Crippen LogP contribution in [0.5, 0.6) is 0 Å². The van der Waals surface area contributed by atoms with E-state index in [2.05, 4.69) is 22.8 Å². The highest BCUT2D eigenvalue weighted by atomic mass is 32.2. The lowest BCUT2D eigenvalue weighted by Gasteiger charge is -2.21. The number of carbonyl (C=O) groups is 1. The van der Waals surface area contributed by atoms with E-state index in [1.807, 2.05) is 13.0 Å². The summed E-state index contributed by atoms with van der Waals surface area (Å²) in [5.41, 5.74) is 2.25. The Labute approximate surface area is 105 Å². The molecule has 1 aliphatic heterocycles. The topological polar surface area (TPSA) is 41.1 Å². The molecule has 1 aromatic rings. The van der Waals surface area contributed by atoms with Crippen molar-refractivity contribution in [1.29, 1.82) is 0 Å². The van der Waals surface area contributed by atoms with Gasteiger partial charge in [-0.3, -0.25) is 4.79 Å². The van der Waals surface area contributed by atoms with E-state index in [1.165, 1.54) is 23.3 Å². The summed E-state index contributed by atoms with van der Waals surface area (Å²) in [5.74, 6) is 0.103. The van der Waals surface area contributed by atoms with Crippen LogP contribution in [0.15, 0.2) is 23.1 Å². The predicted molar refractivity (Wildman–Crippen MR) is 70.3 cm³/mol. The third-order valence-electron chi connectivity index (χ3n) is 3.15. The van der Waals surface area contributed by atoms with E-state index >= 15 is 0 Å². The molecule has 4 heteroatoms. The number of carbonyl (C=O) groups excluding carboxylic acids is 1. The molecule has 0 spiro atoms. The molecule has 1 unspecified atom stereocenters. The summed E-state index contributed by atoms with van der Waals surface area (Å²) in [6.45, 7) is 2.87. The zero-order valence-corrected chi connectivity index (χ0v) is 10.6. The van der Waals surface area contributed by atoms with Crippen LogP contribution >= 0.6 is 11.8 Å². The minimum atomic E-state index is 0.00846. The summed E-state index contributed by atoms with van der Waals surface area (Å²) < 4.78 is 0. The van der Waals surface area contributed by atoms with Crippen LogP contribution < -0.4 is 10.6 Å². The quantitative estimate of drug-likeness (QED) is 0.863. The summed E-state index contributed by atoms with van der Waals surface area (Å²) in [7, 11) is 0. The fourth-order valence-corrected chi connectivity index (χ4v) is 2.92. The van der Waals surface area contributed by atoms with Gasteiger partial charge in [-0.25, -0.2) is 0 Å². The van der Waals surface area contributed by atoms with Gasteiger partial charge in [0.05, 0.1) is 10.9 Å². The molecule has 90 valence electrons. The Kier molecular flexibility index (Phi) is 2.84. The molecule has 0 saturated heterocycles. The van der Waals surface area contributed by atoms with Gasteiger partial charge < -0.3 is 10.6 Å². The molecule has 0 bridgehead atoms. The van der Waals surface area contributed by atoms with Gasteiger partial charge in [-0.2, -0.15) is 0 Å². The first-order valence-corrected chi connectivity index (χ1v) is 6.94. The SMILES string of the molecule is CC1Sc2cc(CNC3CC3)ccc2NC1=O. The van der Waals surface area contributed by atoms with E-state index in [1.54, 1.807) is 11.8 Å². The lowest BCUT2D eigenvalue weighted by atomic mass is 10.2. The van der Waals surface area contributed by atoms with Crippen molar-refractivity contribution in [2.75, 3.05) is 5.32 Å². The predicted octanol–water partition coefficient (Wildman–Crippen LogP) is 2.37. The standard InChI is InChI=1S/C13H16N2OS/c1-8-13(16)15-11-5-2-9(6-12(11)17-8)7-14-10-3-4-10/h2,5-6,8,10,14H,3-4,7H2,1H3,(H,15,16). The van der Waals surface area contributed by atoms with Gasteiger partial charge in [0.2, 0.25) is 5.91 Å². The first-order chi connectivity index (χ1) is 8.22. The molecule has 1 saturated carbocycles. The molecular weight excluding hydrogens is 232 g/mol. The van der Waals surface area contributed by atoms with Crippen molar-refractivity contribution >= 4 is 23.4 Å². The fraction of sp³-hybridized carbons (Fsp3) is 0.462. The average molecular weight is 248 g/mol. The van der Waals surface area contributed by atoms with Crippen LogP contribution in [-0.4, -0.2) is 17.2 Å². The highest BCUT2D eigenvalue weighted by Crippen LogP contribution is 2.36. The van der Waals surface area contributed by atoms with Gasteiger partial charge in [-0.05, 0) is 37.5 Å². The van der Waals surface area contributed by atoms with Gasteiger partial charge in [0, 0.05) is 17.5 Å². The molecule has 1 heterocycles. The average Bonchev–Trinajstić information content (AvgIpc) is 3.12. The van der Waals surface area contributed by atoms with Crippen molar-refractivity contribution in [1.82, 2.24) is 5.32 Å². The van der Waals surface area contributed by atoms with Crippen LogP contribution in [0.3, 0.4) is 0 Å². The summed E-state index contributed by atoms with van der Waals surface area (Å²) >= 11 is 1.64. The Hall–Kier alpha value is -1.00. The van der Waals surface area contributed by atoms with Crippen molar-refractivity contribution < 1.29 is 4.79 Å². The Morgan fingerprint density at radius 1 is 1.47 bits per heavy atom. The van der Waals surface area contributed by atoms with Crippen LogP contribution in [0.1, 0.15) is 25.3 Å². The lowest BCUT2D eigenvalue weighted by molar-refractivity contribution is -0.115. The maximum atomic E-state index is 11.5. The molecule has 3 nitrogen and oxygen atoms in total.